The predicted molar refractivity (Wildman–Crippen MR) is 77.2 cm³/mol. The Hall–Kier alpha value is -0.640. The van der Waals surface area contributed by atoms with E-state index in [2.05, 4.69) is 37.5 Å². The van der Waals surface area contributed by atoms with Crippen LogP contribution in [-0.2, 0) is 4.79 Å². The number of piperidine rings is 1. The standard InChI is InChI=1S/C14H24N2OS/c1-10-6-5-7-11(2)16(10)14(17)8-15-9-18-13(4)12(15)3/h10-11H,5-9H2,1-4H3. The van der Waals surface area contributed by atoms with Crippen LogP contribution in [0.5, 0.6) is 0 Å². The smallest absolute Gasteiger partial charge is 0.242 e. The van der Waals surface area contributed by atoms with E-state index in [0.29, 0.717) is 24.5 Å². The van der Waals surface area contributed by atoms with Gasteiger partial charge in [0.1, 0.15) is 0 Å². The largest absolute Gasteiger partial charge is 0.356 e. The summed E-state index contributed by atoms with van der Waals surface area (Å²) < 4.78 is 0. The topological polar surface area (TPSA) is 23.6 Å². The Morgan fingerprint density at radius 3 is 2.39 bits per heavy atom. The van der Waals surface area contributed by atoms with E-state index < -0.39 is 0 Å². The molecule has 0 saturated carbocycles. The van der Waals surface area contributed by atoms with Gasteiger partial charge in [-0.25, -0.2) is 0 Å². The lowest BCUT2D eigenvalue weighted by atomic mass is 9.97. The Balaban J connectivity index is 1.99. The highest BCUT2D eigenvalue weighted by Gasteiger charge is 2.30. The van der Waals surface area contributed by atoms with Gasteiger partial charge in [-0.3, -0.25) is 4.79 Å². The van der Waals surface area contributed by atoms with E-state index in [1.165, 1.54) is 17.0 Å². The summed E-state index contributed by atoms with van der Waals surface area (Å²) >= 11 is 1.84. The SMILES string of the molecule is CC1=C(C)N(CC(=O)N2C(C)CCCC2C)CS1. The van der Waals surface area contributed by atoms with Crippen molar-refractivity contribution in [2.24, 2.45) is 0 Å². The molecule has 3 nitrogen and oxygen atoms in total. The van der Waals surface area contributed by atoms with Crippen molar-refractivity contribution in [2.45, 2.75) is 59.0 Å². The van der Waals surface area contributed by atoms with Crippen molar-refractivity contribution in [3.8, 4) is 0 Å². The number of hydrogen-bond acceptors (Lipinski definition) is 3. The third-order valence-corrected chi connectivity index (χ3v) is 5.40. The molecule has 0 aromatic rings. The van der Waals surface area contributed by atoms with Crippen molar-refractivity contribution in [3.63, 3.8) is 0 Å². The van der Waals surface area contributed by atoms with Gasteiger partial charge in [0.2, 0.25) is 5.91 Å². The highest BCUT2D eigenvalue weighted by molar-refractivity contribution is 8.03. The lowest BCUT2D eigenvalue weighted by Gasteiger charge is -2.40. The van der Waals surface area contributed by atoms with Gasteiger partial charge >= 0.3 is 0 Å². The van der Waals surface area contributed by atoms with Crippen LogP contribution in [0.15, 0.2) is 10.6 Å². The van der Waals surface area contributed by atoms with Crippen molar-refractivity contribution in [2.75, 3.05) is 12.4 Å². The van der Waals surface area contributed by atoms with E-state index in [1.807, 2.05) is 11.8 Å². The highest BCUT2D eigenvalue weighted by atomic mass is 32.2. The van der Waals surface area contributed by atoms with E-state index in [9.17, 15) is 4.79 Å². The fourth-order valence-electron chi connectivity index (χ4n) is 2.92. The quantitative estimate of drug-likeness (QED) is 0.769. The van der Waals surface area contributed by atoms with Crippen molar-refractivity contribution >= 4 is 17.7 Å². The maximum atomic E-state index is 12.5. The fraction of sp³-hybridized carbons (Fsp3) is 0.786. The molecule has 18 heavy (non-hydrogen) atoms. The van der Waals surface area contributed by atoms with Gasteiger partial charge in [-0.15, -0.1) is 11.8 Å². The van der Waals surface area contributed by atoms with Crippen LogP contribution in [0.1, 0.15) is 47.0 Å². The molecule has 2 aliphatic rings. The van der Waals surface area contributed by atoms with Crippen LogP contribution in [0.4, 0.5) is 0 Å². The minimum Gasteiger partial charge on any atom is -0.356 e. The first-order valence-corrected chi connectivity index (χ1v) is 7.85. The van der Waals surface area contributed by atoms with Crippen LogP contribution in [0.25, 0.3) is 0 Å². The predicted octanol–water partition coefficient (Wildman–Crippen LogP) is 3.03. The number of nitrogens with zero attached hydrogens (tertiary/aromatic N) is 2. The normalized spacial score (nSPS) is 29.1. The average Bonchev–Trinajstić information content (AvgIpc) is 2.61. The average molecular weight is 268 g/mol. The molecule has 1 amide bonds. The minimum absolute atomic E-state index is 0.296. The highest BCUT2D eigenvalue weighted by Crippen LogP contribution is 2.31. The van der Waals surface area contributed by atoms with Crippen molar-refractivity contribution in [1.29, 1.82) is 0 Å². The second-order valence-corrected chi connectivity index (χ2v) is 6.70. The van der Waals surface area contributed by atoms with E-state index in [1.54, 1.807) is 0 Å². The molecule has 0 spiro atoms. The van der Waals surface area contributed by atoms with Crippen molar-refractivity contribution < 1.29 is 4.79 Å². The molecule has 0 aliphatic carbocycles. The Morgan fingerprint density at radius 1 is 1.28 bits per heavy atom. The third kappa shape index (κ3) is 2.68. The van der Waals surface area contributed by atoms with Gasteiger partial charge < -0.3 is 9.80 Å². The minimum atomic E-state index is 0.296. The molecule has 2 rings (SSSR count). The number of thioether (sulfide) groups is 1. The number of rotatable bonds is 2. The van der Waals surface area contributed by atoms with E-state index in [4.69, 9.17) is 0 Å². The molecule has 0 bridgehead atoms. The molecule has 102 valence electrons. The Labute approximate surface area is 115 Å². The summed E-state index contributed by atoms with van der Waals surface area (Å²) in [7, 11) is 0. The molecular formula is C14H24N2OS. The lowest BCUT2D eigenvalue weighted by Crippen LogP contribution is -2.50. The van der Waals surface area contributed by atoms with Crippen LogP contribution in [0.3, 0.4) is 0 Å². The van der Waals surface area contributed by atoms with Gasteiger partial charge in [0.25, 0.3) is 0 Å². The Morgan fingerprint density at radius 2 is 1.89 bits per heavy atom. The molecule has 4 heteroatoms. The third-order valence-electron chi connectivity index (χ3n) is 4.23. The van der Waals surface area contributed by atoms with Crippen molar-refractivity contribution in [1.82, 2.24) is 9.80 Å². The second-order valence-electron chi connectivity index (χ2n) is 5.54. The molecule has 1 saturated heterocycles. The number of carbonyl (C=O) groups is 1. The molecule has 0 aromatic heterocycles. The number of hydrogen-bond donors (Lipinski definition) is 0. The summed E-state index contributed by atoms with van der Waals surface area (Å²) in [5.41, 5.74) is 1.27. The molecule has 0 N–H and O–H groups in total. The zero-order chi connectivity index (χ0) is 13.3. The van der Waals surface area contributed by atoms with Gasteiger partial charge in [-0.05, 0) is 47.0 Å². The van der Waals surface area contributed by atoms with E-state index in [0.717, 1.165) is 18.7 Å². The van der Waals surface area contributed by atoms with Crippen LogP contribution < -0.4 is 0 Å². The molecule has 2 aliphatic heterocycles. The fourth-order valence-corrected chi connectivity index (χ4v) is 3.89. The molecular weight excluding hydrogens is 244 g/mol. The van der Waals surface area contributed by atoms with Crippen molar-refractivity contribution in [3.05, 3.63) is 10.6 Å². The first-order chi connectivity index (χ1) is 8.50. The zero-order valence-electron chi connectivity index (χ0n) is 11.9. The first-order valence-electron chi connectivity index (χ1n) is 6.87. The molecule has 2 heterocycles. The summed E-state index contributed by atoms with van der Waals surface area (Å²) in [6.07, 6.45) is 3.56. The molecule has 2 atom stereocenters. The number of carbonyl (C=O) groups excluding carboxylic acids is 1. The number of allylic oxidation sites excluding steroid dienone is 2. The maximum Gasteiger partial charge on any atom is 0.242 e. The summed E-state index contributed by atoms with van der Waals surface area (Å²) in [5, 5.41) is 0. The molecule has 1 fully saturated rings. The zero-order valence-corrected chi connectivity index (χ0v) is 12.7. The summed E-state index contributed by atoms with van der Waals surface area (Å²) in [6, 6.07) is 0.809. The lowest BCUT2D eigenvalue weighted by molar-refractivity contribution is -0.137. The van der Waals surface area contributed by atoms with Crippen LogP contribution in [0, 0.1) is 0 Å². The van der Waals surface area contributed by atoms with Crippen LogP contribution in [-0.4, -0.2) is 40.2 Å². The Bertz CT molecular complexity index is 357. The van der Waals surface area contributed by atoms with Gasteiger partial charge in [-0.2, -0.15) is 0 Å². The second kappa shape index (κ2) is 5.55. The maximum absolute atomic E-state index is 12.5. The monoisotopic (exact) mass is 268 g/mol. The van der Waals surface area contributed by atoms with E-state index >= 15 is 0 Å². The van der Waals surface area contributed by atoms with Gasteiger partial charge in [0, 0.05) is 22.7 Å². The number of likely N-dealkylation sites (tertiary alicyclic amines) is 1. The van der Waals surface area contributed by atoms with Crippen LogP contribution in [0.2, 0.25) is 0 Å². The van der Waals surface area contributed by atoms with Gasteiger partial charge in [0.05, 0.1) is 12.4 Å². The van der Waals surface area contributed by atoms with Gasteiger partial charge in [0.15, 0.2) is 0 Å². The summed E-state index contributed by atoms with van der Waals surface area (Å²) in [5.74, 6) is 1.23. The molecule has 0 aromatic carbocycles. The van der Waals surface area contributed by atoms with Crippen LogP contribution >= 0.6 is 11.8 Å². The number of amides is 1. The first kappa shape index (κ1) is 13.8. The Kier molecular flexibility index (Phi) is 4.25. The summed E-state index contributed by atoms with van der Waals surface area (Å²) in [4.78, 5) is 18.1. The van der Waals surface area contributed by atoms with Gasteiger partial charge in [-0.1, -0.05) is 0 Å². The summed E-state index contributed by atoms with van der Waals surface area (Å²) in [6.45, 7) is 9.16. The molecule has 0 radical (unpaired) electrons. The molecule has 2 unspecified atom stereocenters. The van der Waals surface area contributed by atoms with E-state index in [-0.39, 0.29) is 0 Å².